The lowest BCUT2D eigenvalue weighted by molar-refractivity contribution is -0.141. The summed E-state index contributed by atoms with van der Waals surface area (Å²) >= 11 is 1.58. The van der Waals surface area contributed by atoms with Gasteiger partial charge in [0.15, 0.2) is 17.5 Å². The lowest BCUT2D eigenvalue weighted by atomic mass is 9.96. The summed E-state index contributed by atoms with van der Waals surface area (Å²) in [6.45, 7) is 10.8. The molecule has 5 rings (SSSR count). The molecule has 218 valence electrons. The minimum absolute atomic E-state index is 0.00261. The highest BCUT2D eigenvalue weighted by Crippen LogP contribution is 2.40. The Hall–Kier alpha value is -4.25. The maximum atomic E-state index is 15.2. The maximum Gasteiger partial charge on any atom is 0.341 e. The molecule has 4 aromatic rings. The van der Waals surface area contributed by atoms with Gasteiger partial charge in [-0.25, -0.2) is 13.6 Å². The lowest BCUT2D eigenvalue weighted by Crippen LogP contribution is -2.24. The zero-order chi connectivity index (χ0) is 30.5. The Kier molecular flexibility index (Phi) is 7.57. The standard InChI is InChI=1S/C31H30F2N4O4S/c1-15-16(2)42-29-24(15)27(34-22(14-23(38)40-7)28-36-35-17(3)37(28)29)19-10-8-18(9-11-19)20-12-13-21(26(33)25(20)32)30(39)41-31(4,5)6/h8-13,22H,14H2,1-7H3/t22-/m0/s1. The number of thiophene rings is 1. The number of methoxy groups -OCH3 is 1. The van der Waals surface area contributed by atoms with Crippen molar-refractivity contribution in [2.24, 2.45) is 4.99 Å². The van der Waals surface area contributed by atoms with Gasteiger partial charge in [0.2, 0.25) is 0 Å². The first-order valence-corrected chi connectivity index (χ1v) is 14.1. The molecule has 42 heavy (non-hydrogen) atoms. The topological polar surface area (TPSA) is 95.7 Å². The molecule has 0 bridgehead atoms. The number of rotatable bonds is 5. The Bertz CT molecular complexity index is 1750. The number of hydrogen-bond acceptors (Lipinski definition) is 8. The Balaban J connectivity index is 1.58. The van der Waals surface area contributed by atoms with Crippen LogP contribution in [0.5, 0.6) is 0 Å². The molecule has 0 radical (unpaired) electrons. The second-order valence-electron chi connectivity index (χ2n) is 11.0. The van der Waals surface area contributed by atoms with Crippen LogP contribution >= 0.6 is 11.3 Å². The molecule has 1 aliphatic rings. The Labute approximate surface area is 246 Å². The van der Waals surface area contributed by atoms with Crippen molar-refractivity contribution in [3.05, 3.63) is 86.8 Å². The molecule has 3 heterocycles. The van der Waals surface area contributed by atoms with Gasteiger partial charge in [-0.1, -0.05) is 30.3 Å². The zero-order valence-electron chi connectivity index (χ0n) is 24.3. The highest BCUT2D eigenvalue weighted by atomic mass is 32.1. The molecule has 2 aromatic carbocycles. The van der Waals surface area contributed by atoms with E-state index in [0.717, 1.165) is 26.6 Å². The Morgan fingerprint density at radius 1 is 0.976 bits per heavy atom. The van der Waals surface area contributed by atoms with Crippen LogP contribution in [0.25, 0.3) is 16.1 Å². The van der Waals surface area contributed by atoms with E-state index in [0.29, 0.717) is 22.9 Å². The third-order valence-corrected chi connectivity index (χ3v) is 8.19. The number of hydrogen-bond donors (Lipinski definition) is 0. The quantitative estimate of drug-likeness (QED) is 0.242. The summed E-state index contributed by atoms with van der Waals surface area (Å²) in [4.78, 5) is 30.8. The van der Waals surface area contributed by atoms with Crippen molar-refractivity contribution in [1.82, 2.24) is 14.8 Å². The van der Waals surface area contributed by atoms with Crippen molar-refractivity contribution >= 4 is 29.0 Å². The molecule has 0 aliphatic carbocycles. The third-order valence-electron chi connectivity index (χ3n) is 7.00. The summed E-state index contributed by atoms with van der Waals surface area (Å²) in [5, 5.41) is 9.51. The van der Waals surface area contributed by atoms with Crippen molar-refractivity contribution in [2.45, 2.75) is 59.6 Å². The molecule has 0 saturated heterocycles. The summed E-state index contributed by atoms with van der Waals surface area (Å²) in [5.74, 6) is -2.57. The van der Waals surface area contributed by atoms with Gasteiger partial charge in [-0.15, -0.1) is 21.5 Å². The highest BCUT2D eigenvalue weighted by molar-refractivity contribution is 7.15. The molecule has 0 saturated carbocycles. The van der Waals surface area contributed by atoms with Gasteiger partial charge >= 0.3 is 11.9 Å². The molecule has 0 N–H and O–H groups in total. The molecular formula is C31H30F2N4O4S. The van der Waals surface area contributed by atoms with E-state index in [4.69, 9.17) is 14.5 Å². The van der Waals surface area contributed by atoms with Crippen LogP contribution in [0.15, 0.2) is 41.4 Å². The summed E-state index contributed by atoms with van der Waals surface area (Å²) in [5.41, 5.74) is 2.38. The fourth-order valence-electron chi connectivity index (χ4n) is 4.84. The largest absolute Gasteiger partial charge is 0.469 e. The first kappa shape index (κ1) is 29.2. The van der Waals surface area contributed by atoms with E-state index in [2.05, 4.69) is 10.2 Å². The number of esters is 2. The molecule has 0 amide bonds. The van der Waals surface area contributed by atoms with Gasteiger partial charge < -0.3 is 9.47 Å². The Morgan fingerprint density at radius 2 is 1.64 bits per heavy atom. The highest BCUT2D eigenvalue weighted by Gasteiger charge is 2.33. The smallest absolute Gasteiger partial charge is 0.341 e. The van der Waals surface area contributed by atoms with Crippen LogP contribution < -0.4 is 0 Å². The van der Waals surface area contributed by atoms with Crippen LogP contribution in [0.4, 0.5) is 8.78 Å². The number of nitrogens with zero attached hydrogens (tertiary/aromatic N) is 4. The van der Waals surface area contributed by atoms with Crippen LogP contribution in [-0.4, -0.2) is 45.1 Å². The monoisotopic (exact) mass is 592 g/mol. The fourth-order valence-corrected chi connectivity index (χ4v) is 6.05. The number of fused-ring (bicyclic) bond motifs is 3. The van der Waals surface area contributed by atoms with Crippen LogP contribution in [0.2, 0.25) is 0 Å². The van der Waals surface area contributed by atoms with E-state index < -0.39 is 40.8 Å². The summed E-state index contributed by atoms with van der Waals surface area (Å²) < 4.78 is 42.2. The Morgan fingerprint density at radius 3 is 2.29 bits per heavy atom. The first-order valence-electron chi connectivity index (χ1n) is 13.3. The minimum Gasteiger partial charge on any atom is -0.469 e. The predicted octanol–water partition coefficient (Wildman–Crippen LogP) is 6.61. The van der Waals surface area contributed by atoms with Crippen molar-refractivity contribution in [1.29, 1.82) is 0 Å². The maximum absolute atomic E-state index is 15.2. The van der Waals surface area contributed by atoms with Gasteiger partial charge in [-0.05, 0) is 58.7 Å². The van der Waals surface area contributed by atoms with Crippen LogP contribution in [0, 0.1) is 32.4 Å². The molecule has 1 aliphatic heterocycles. The number of carbonyl (C=O) groups excluding carboxylic acids is 2. The molecule has 11 heteroatoms. The number of aromatic nitrogens is 3. The van der Waals surface area contributed by atoms with Gasteiger partial charge in [0.1, 0.15) is 22.5 Å². The summed E-state index contributed by atoms with van der Waals surface area (Å²) in [6.07, 6.45) is -0.0301. The number of carbonyl (C=O) groups is 2. The summed E-state index contributed by atoms with van der Waals surface area (Å²) in [7, 11) is 1.32. The zero-order valence-corrected chi connectivity index (χ0v) is 25.2. The molecule has 8 nitrogen and oxygen atoms in total. The van der Waals surface area contributed by atoms with E-state index in [9.17, 15) is 14.0 Å². The third kappa shape index (κ3) is 5.24. The van der Waals surface area contributed by atoms with Crippen LogP contribution in [0.3, 0.4) is 0 Å². The van der Waals surface area contributed by atoms with Crippen LogP contribution in [0.1, 0.15) is 76.8 Å². The predicted molar refractivity (Wildman–Crippen MR) is 155 cm³/mol. The first-order chi connectivity index (χ1) is 19.8. The summed E-state index contributed by atoms with van der Waals surface area (Å²) in [6, 6.07) is 8.83. The van der Waals surface area contributed by atoms with Crippen molar-refractivity contribution < 1.29 is 27.8 Å². The van der Waals surface area contributed by atoms with Crippen LogP contribution in [-0.2, 0) is 14.3 Å². The normalized spacial score (nSPS) is 14.5. The molecule has 2 aromatic heterocycles. The number of halogens is 2. The minimum atomic E-state index is -1.27. The van der Waals surface area contributed by atoms with Gasteiger partial charge in [0, 0.05) is 21.6 Å². The van der Waals surface area contributed by atoms with Gasteiger partial charge in [-0.3, -0.25) is 14.4 Å². The molecule has 0 unspecified atom stereocenters. The van der Waals surface area contributed by atoms with Crippen molar-refractivity contribution in [2.75, 3.05) is 7.11 Å². The van der Waals surface area contributed by atoms with Gasteiger partial charge in [0.05, 0.1) is 24.8 Å². The second-order valence-corrected chi connectivity index (χ2v) is 12.2. The van der Waals surface area contributed by atoms with Crippen molar-refractivity contribution in [3.8, 4) is 16.1 Å². The van der Waals surface area contributed by atoms with Gasteiger partial charge in [0.25, 0.3) is 0 Å². The average molecular weight is 593 g/mol. The number of ether oxygens (including phenoxy) is 2. The van der Waals surface area contributed by atoms with E-state index in [1.165, 1.54) is 19.2 Å². The molecule has 0 spiro atoms. The van der Waals surface area contributed by atoms with Crippen molar-refractivity contribution in [3.63, 3.8) is 0 Å². The SMILES string of the molecule is COC(=O)C[C@@H]1N=C(c2ccc(-c3ccc(C(=O)OC(C)(C)C)c(F)c3F)cc2)c2c(sc(C)c2C)-n2c(C)nnc21. The molecule has 1 atom stereocenters. The average Bonchev–Trinajstić information content (AvgIpc) is 3.41. The number of aliphatic imine (C=N–C) groups is 1. The molecule has 0 fully saturated rings. The number of aryl methyl sites for hydroxylation is 2. The van der Waals surface area contributed by atoms with Gasteiger partial charge in [-0.2, -0.15) is 0 Å². The molecular weight excluding hydrogens is 562 g/mol. The van der Waals surface area contributed by atoms with E-state index >= 15 is 4.39 Å². The van der Waals surface area contributed by atoms with E-state index in [1.54, 1.807) is 56.4 Å². The van der Waals surface area contributed by atoms with E-state index in [1.807, 2.05) is 25.3 Å². The number of benzene rings is 2. The lowest BCUT2D eigenvalue weighted by Gasteiger charge is -2.20. The second kappa shape index (κ2) is 10.9. The fraction of sp³-hybridized carbons (Fsp3) is 0.323. The van der Waals surface area contributed by atoms with E-state index in [-0.39, 0.29) is 12.0 Å².